The zero-order valence-electron chi connectivity index (χ0n) is 12.5. The van der Waals surface area contributed by atoms with Crippen LogP contribution in [0.5, 0.6) is 0 Å². The number of hydrogen-bond acceptors (Lipinski definition) is 4. The molecule has 1 amide bonds. The van der Waals surface area contributed by atoms with Gasteiger partial charge in [-0.2, -0.15) is 0 Å². The average molecular weight is 303 g/mol. The van der Waals surface area contributed by atoms with Gasteiger partial charge in [0.2, 0.25) is 0 Å². The number of nitrogens with zero attached hydrogens (tertiary/aromatic N) is 2. The number of carbonyl (C=O) groups excluding carboxylic acids is 1. The van der Waals surface area contributed by atoms with E-state index in [9.17, 15) is 9.59 Å². The Kier molecular flexibility index (Phi) is 4.40. The molecule has 3 atom stereocenters. The predicted octanol–water partition coefficient (Wildman–Crippen LogP) is 0.505. The van der Waals surface area contributed by atoms with Gasteiger partial charge in [0.05, 0.1) is 5.56 Å². The standard InChI is InChI=1S/C16H21N3O3/c20-15(12-3-1-4-13(9-12)16(21)22)17-10-14-11-18-5-2-6-19(14)8-7-18/h1,3-4,9,14H,2,5-8,10-11H2,(H,17,20)(H,21,22). The van der Waals surface area contributed by atoms with Crippen molar-refractivity contribution in [3.8, 4) is 0 Å². The molecule has 4 rings (SSSR count). The fourth-order valence-electron chi connectivity index (χ4n) is 3.25. The van der Waals surface area contributed by atoms with Crippen LogP contribution in [0.15, 0.2) is 24.3 Å². The predicted molar refractivity (Wildman–Crippen MR) is 82.2 cm³/mol. The minimum absolute atomic E-state index is 0.135. The van der Waals surface area contributed by atoms with Gasteiger partial charge in [0, 0.05) is 37.8 Å². The fourth-order valence-corrected chi connectivity index (χ4v) is 3.25. The first-order chi connectivity index (χ1) is 10.6. The second-order valence-corrected chi connectivity index (χ2v) is 5.94. The Morgan fingerprint density at radius 2 is 2.00 bits per heavy atom. The van der Waals surface area contributed by atoms with E-state index in [-0.39, 0.29) is 11.5 Å². The molecule has 3 aliphatic heterocycles. The lowest BCUT2D eigenvalue weighted by atomic mass is 10.1. The molecule has 2 bridgehead atoms. The lowest BCUT2D eigenvalue weighted by Gasteiger charge is -2.37. The summed E-state index contributed by atoms with van der Waals surface area (Å²) < 4.78 is 0. The number of benzene rings is 1. The van der Waals surface area contributed by atoms with E-state index >= 15 is 0 Å². The Morgan fingerprint density at radius 1 is 1.18 bits per heavy atom. The highest BCUT2D eigenvalue weighted by atomic mass is 16.4. The van der Waals surface area contributed by atoms with E-state index in [1.807, 2.05) is 0 Å². The Hall–Kier alpha value is -1.92. The number of hydrogen-bond donors (Lipinski definition) is 2. The van der Waals surface area contributed by atoms with Crippen LogP contribution < -0.4 is 5.32 Å². The van der Waals surface area contributed by atoms with Crippen LogP contribution in [0.4, 0.5) is 0 Å². The highest BCUT2D eigenvalue weighted by molar-refractivity contribution is 5.97. The number of carbonyl (C=O) groups is 2. The van der Waals surface area contributed by atoms with E-state index < -0.39 is 5.97 Å². The first-order valence-electron chi connectivity index (χ1n) is 7.71. The first-order valence-corrected chi connectivity index (χ1v) is 7.71. The van der Waals surface area contributed by atoms with Crippen molar-refractivity contribution in [3.05, 3.63) is 35.4 Å². The third-order valence-electron chi connectivity index (χ3n) is 4.48. The third kappa shape index (κ3) is 3.28. The van der Waals surface area contributed by atoms with Crippen LogP contribution in [0, 0.1) is 0 Å². The Bertz CT molecular complexity index is 572. The molecule has 118 valence electrons. The summed E-state index contributed by atoms with van der Waals surface area (Å²) in [4.78, 5) is 28.1. The summed E-state index contributed by atoms with van der Waals surface area (Å²) in [5.41, 5.74) is 0.532. The summed E-state index contributed by atoms with van der Waals surface area (Å²) in [5.74, 6) is -1.23. The maximum atomic E-state index is 12.2. The molecule has 22 heavy (non-hydrogen) atoms. The lowest BCUT2D eigenvalue weighted by Crippen LogP contribution is -2.54. The van der Waals surface area contributed by atoms with Crippen molar-refractivity contribution in [2.75, 3.05) is 39.3 Å². The van der Waals surface area contributed by atoms with Gasteiger partial charge in [0.15, 0.2) is 0 Å². The number of piperazine rings is 1. The van der Waals surface area contributed by atoms with Crippen LogP contribution in [0.2, 0.25) is 0 Å². The Balaban J connectivity index is 1.60. The fraction of sp³-hybridized carbons (Fsp3) is 0.500. The molecule has 6 nitrogen and oxygen atoms in total. The smallest absolute Gasteiger partial charge is 0.335 e. The maximum absolute atomic E-state index is 12.2. The zero-order chi connectivity index (χ0) is 15.5. The van der Waals surface area contributed by atoms with Gasteiger partial charge < -0.3 is 15.3 Å². The van der Waals surface area contributed by atoms with Crippen molar-refractivity contribution in [2.45, 2.75) is 12.5 Å². The van der Waals surface area contributed by atoms with E-state index in [0.29, 0.717) is 18.2 Å². The van der Waals surface area contributed by atoms with Crippen molar-refractivity contribution in [2.24, 2.45) is 0 Å². The molecule has 1 aromatic rings. The number of aromatic carboxylic acids is 1. The minimum Gasteiger partial charge on any atom is -0.478 e. The molecule has 0 saturated carbocycles. The van der Waals surface area contributed by atoms with Crippen molar-refractivity contribution in [1.82, 2.24) is 15.1 Å². The Morgan fingerprint density at radius 3 is 2.82 bits per heavy atom. The van der Waals surface area contributed by atoms with Crippen LogP contribution in [-0.2, 0) is 0 Å². The molecule has 6 heteroatoms. The number of carboxylic acids is 1. The van der Waals surface area contributed by atoms with Crippen LogP contribution in [0.3, 0.4) is 0 Å². The quantitative estimate of drug-likeness (QED) is 0.847. The van der Waals surface area contributed by atoms with Crippen LogP contribution in [-0.4, -0.2) is 72.1 Å². The number of carboxylic acid groups (broad SMARTS) is 1. The van der Waals surface area contributed by atoms with E-state index in [4.69, 9.17) is 5.11 Å². The largest absolute Gasteiger partial charge is 0.478 e. The van der Waals surface area contributed by atoms with Crippen LogP contribution in [0.1, 0.15) is 27.1 Å². The molecule has 1 aromatic carbocycles. The summed E-state index contributed by atoms with van der Waals surface area (Å²) in [6.07, 6.45) is 1.19. The van der Waals surface area contributed by atoms with Gasteiger partial charge in [-0.05, 0) is 37.7 Å². The average Bonchev–Trinajstić information content (AvgIpc) is 2.88. The van der Waals surface area contributed by atoms with Gasteiger partial charge in [-0.1, -0.05) is 6.07 Å². The van der Waals surface area contributed by atoms with Crippen LogP contribution in [0.25, 0.3) is 0 Å². The molecule has 0 radical (unpaired) electrons. The molecule has 3 aliphatic rings. The zero-order valence-corrected chi connectivity index (χ0v) is 12.5. The lowest BCUT2D eigenvalue weighted by molar-refractivity contribution is 0.0697. The van der Waals surface area contributed by atoms with E-state index in [2.05, 4.69) is 15.1 Å². The van der Waals surface area contributed by atoms with Gasteiger partial charge in [0.25, 0.3) is 5.91 Å². The molecular formula is C16H21N3O3. The number of amides is 1. The highest BCUT2D eigenvalue weighted by Gasteiger charge is 2.29. The molecule has 3 heterocycles. The summed E-state index contributed by atoms with van der Waals surface area (Å²) >= 11 is 0. The summed E-state index contributed by atoms with van der Waals surface area (Å²) in [6, 6.07) is 6.50. The summed E-state index contributed by atoms with van der Waals surface area (Å²) in [7, 11) is 0. The molecule has 3 unspecified atom stereocenters. The molecular weight excluding hydrogens is 282 g/mol. The monoisotopic (exact) mass is 303 g/mol. The molecule has 2 N–H and O–H groups in total. The van der Waals surface area contributed by atoms with E-state index in [1.165, 1.54) is 18.6 Å². The second kappa shape index (κ2) is 6.46. The van der Waals surface area contributed by atoms with E-state index in [1.54, 1.807) is 12.1 Å². The van der Waals surface area contributed by atoms with Gasteiger partial charge >= 0.3 is 5.97 Å². The minimum atomic E-state index is -1.02. The molecule has 3 fully saturated rings. The molecule has 3 saturated heterocycles. The second-order valence-electron chi connectivity index (χ2n) is 5.94. The first kappa shape index (κ1) is 15.0. The maximum Gasteiger partial charge on any atom is 0.335 e. The number of fused-ring (bicyclic) bond motifs is 4. The van der Waals surface area contributed by atoms with Gasteiger partial charge in [-0.25, -0.2) is 4.79 Å². The number of nitrogens with one attached hydrogen (secondary N) is 1. The topological polar surface area (TPSA) is 72.9 Å². The third-order valence-corrected chi connectivity index (χ3v) is 4.48. The van der Waals surface area contributed by atoms with Gasteiger partial charge in [-0.15, -0.1) is 0 Å². The van der Waals surface area contributed by atoms with Crippen molar-refractivity contribution in [1.29, 1.82) is 0 Å². The van der Waals surface area contributed by atoms with Gasteiger partial charge in [-0.3, -0.25) is 9.69 Å². The SMILES string of the molecule is O=C(O)c1cccc(C(=O)NCC2CN3CCCN2CC3)c1. The van der Waals surface area contributed by atoms with Crippen molar-refractivity contribution in [3.63, 3.8) is 0 Å². The normalized spacial score (nSPS) is 27.2. The van der Waals surface area contributed by atoms with Crippen molar-refractivity contribution >= 4 is 11.9 Å². The summed E-state index contributed by atoms with van der Waals surface area (Å²) in [5, 5.41) is 11.9. The van der Waals surface area contributed by atoms with E-state index in [0.717, 1.165) is 32.7 Å². The molecule has 0 spiro atoms. The molecule has 0 aromatic heterocycles. The summed E-state index contributed by atoms with van der Waals surface area (Å²) in [6.45, 7) is 6.01. The Labute approximate surface area is 129 Å². The number of rotatable bonds is 4. The highest BCUT2D eigenvalue weighted by Crippen LogP contribution is 2.15. The van der Waals surface area contributed by atoms with Gasteiger partial charge in [0.1, 0.15) is 0 Å². The van der Waals surface area contributed by atoms with Crippen molar-refractivity contribution < 1.29 is 14.7 Å². The van der Waals surface area contributed by atoms with Crippen LogP contribution >= 0.6 is 0 Å². The molecule has 0 aliphatic carbocycles.